The van der Waals surface area contributed by atoms with Gasteiger partial charge in [0.25, 0.3) is 10.1 Å². The summed E-state index contributed by atoms with van der Waals surface area (Å²) in [6.07, 6.45) is 3.21. The minimum absolute atomic E-state index is 0.178. The fraction of sp³-hybridized carbons (Fsp3) is 0.0588. The van der Waals surface area contributed by atoms with Crippen LogP contribution in [0.1, 0.15) is 5.56 Å². The first kappa shape index (κ1) is 15.3. The van der Waals surface area contributed by atoms with Crippen LogP contribution in [0.15, 0.2) is 65.8 Å². The summed E-state index contributed by atoms with van der Waals surface area (Å²) in [5.41, 5.74) is 2.92. The number of rotatable bonds is 3. The average molecular weight is 326 g/mol. The van der Waals surface area contributed by atoms with E-state index in [-0.39, 0.29) is 4.90 Å². The Balaban J connectivity index is 2.44. The van der Waals surface area contributed by atoms with Crippen LogP contribution >= 0.6 is 0 Å². The zero-order valence-corrected chi connectivity index (χ0v) is 13.2. The van der Waals surface area contributed by atoms with Gasteiger partial charge in [-0.05, 0) is 42.8 Å². The molecule has 0 unspecified atom stereocenters. The van der Waals surface area contributed by atoms with E-state index in [9.17, 15) is 13.0 Å². The molecule has 1 aromatic carbocycles. The van der Waals surface area contributed by atoms with Crippen molar-refractivity contribution in [3.8, 4) is 22.5 Å². The van der Waals surface area contributed by atoms with Gasteiger partial charge >= 0.3 is 0 Å². The molecule has 0 spiro atoms. The summed E-state index contributed by atoms with van der Waals surface area (Å²) in [6.45, 7) is 1.87. The van der Waals surface area contributed by atoms with Crippen LogP contribution in [0.3, 0.4) is 0 Å². The Labute approximate surface area is 134 Å². The molecule has 23 heavy (non-hydrogen) atoms. The molecule has 0 saturated heterocycles. The monoisotopic (exact) mass is 326 g/mol. The SMILES string of the molecule is Cc1ccc(S(=O)(=O)O)c(-c2ccccn2)c1-c1ccccn1. The van der Waals surface area contributed by atoms with E-state index in [0.29, 0.717) is 22.5 Å². The van der Waals surface area contributed by atoms with E-state index < -0.39 is 10.1 Å². The maximum atomic E-state index is 11.8. The molecule has 6 heteroatoms. The van der Waals surface area contributed by atoms with E-state index in [0.717, 1.165) is 5.56 Å². The van der Waals surface area contributed by atoms with E-state index in [2.05, 4.69) is 9.97 Å². The number of aromatic nitrogens is 2. The molecule has 116 valence electrons. The number of aryl methyl sites for hydroxylation is 1. The van der Waals surface area contributed by atoms with Crippen molar-refractivity contribution in [2.45, 2.75) is 11.8 Å². The maximum absolute atomic E-state index is 11.8. The first-order valence-electron chi connectivity index (χ1n) is 6.92. The lowest BCUT2D eigenvalue weighted by molar-refractivity contribution is 0.483. The predicted molar refractivity (Wildman–Crippen MR) is 87.5 cm³/mol. The number of pyridine rings is 2. The van der Waals surface area contributed by atoms with Crippen molar-refractivity contribution in [1.82, 2.24) is 9.97 Å². The summed E-state index contributed by atoms with van der Waals surface area (Å²) in [7, 11) is -4.40. The summed E-state index contributed by atoms with van der Waals surface area (Å²) in [5, 5.41) is 0. The Bertz CT molecular complexity index is 940. The summed E-state index contributed by atoms with van der Waals surface area (Å²) in [6, 6.07) is 13.7. The van der Waals surface area contributed by atoms with Crippen LogP contribution in [0.5, 0.6) is 0 Å². The molecule has 0 radical (unpaired) electrons. The molecule has 0 aliphatic heterocycles. The fourth-order valence-corrected chi connectivity index (χ4v) is 3.21. The molecule has 5 nitrogen and oxygen atoms in total. The lowest BCUT2D eigenvalue weighted by Gasteiger charge is -2.15. The number of benzene rings is 1. The number of nitrogens with zero attached hydrogens (tertiary/aromatic N) is 2. The second kappa shape index (κ2) is 5.91. The van der Waals surface area contributed by atoms with Gasteiger partial charge in [0, 0.05) is 23.5 Å². The second-order valence-electron chi connectivity index (χ2n) is 5.04. The summed E-state index contributed by atoms with van der Waals surface area (Å²) in [5.74, 6) is 0. The van der Waals surface area contributed by atoms with Crippen molar-refractivity contribution < 1.29 is 13.0 Å². The molecule has 0 saturated carbocycles. The van der Waals surface area contributed by atoms with Gasteiger partial charge in [0.1, 0.15) is 4.90 Å². The van der Waals surface area contributed by atoms with Gasteiger partial charge in [-0.2, -0.15) is 8.42 Å². The normalized spacial score (nSPS) is 11.4. The molecule has 0 atom stereocenters. The van der Waals surface area contributed by atoms with Crippen molar-refractivity contribution in [1.29, 1.82) is 0 Å². The highest BCUT2D eigenvalue weighted by atomic mass is 32.2. The van der Waals surface area contributed by atoms with Crippen LogP contribution in [-0.2, 0) is 10.1 Å². The van der Waals surface area contributed by atoms with Crippen molar-refractivity contribution in [3.63, 3.8) is 0 Å². The van der Waals surface area contributed by atoms with Crippen molar-refractivity contribution >= 4 is 10.1 Å². The van der Waals surface area contributed by atoms with E-state index in [1.807, 2.05) is 13.0 Å². The van der Waals surface area contributed by atoms with Crippen LogP contribution in [0, 0.1) is 6.92 Å². The molecule has 0 aliphatic rings. The quantitative estimate of drug-likeness (QED) is 0.746. The molecule has 0 fully saturated rings. The average Bonchev–Trinajstić information content (AvgIpc) is 2.55. The zero-order valence-electron chi connectivity index (χ0n) is 12.3. The third kappa shape index (κ3) is 2.99. The standard InChI is InChI=1S/C17H14N2O3S/c1-12-8-9-15(23(20,21)22)17(14-7-3-5-11-19-14)16(12)13-6-2-4-10-18-13/h2-11H,1H3,(H,20,21,22). The highest BCUT2D eigenvalue weighted by molar-refractivity contribution is 7.86. The summed E-state index contributed by atoms with van der Waals surface area (Å²) < 4.78 is 33.3. The highest BCUT2D eigenvalue weighted by Gasteiger charge is 2.23. The molecule has 2 aromatic heterocycles. The molecular weight excluding hydrogens is 312 g/mol. The molecule has 3 rings (SSSR count). The smallest absolute Gasteiger partial charge is 0.282 e. The van der Waals surface area contributed by atoms with Gasteiger partial charge in [-0.25, -0.2) is 0 Å². The largest absolute Gasteiger partial charge is 0.295 e. The predicted octanol–water partition coefficient (Wildman–Crippen LogP) is 3.37. The van der Waals surface area contributed by atoms with E-state index >= 15 is 0 Å². The van der Waals surface area contributed by atoms with Gasteiger partial charge in [0.05, 0.1) is 11.4 Å². The topological polar surface area (TPSA) is 80.2 Å². The minimum Gasteiger partial charge on any atom is -0.282 e. The molecular formula is C17H14N2O3S. The maximum Gasteiger partial charge on any atom is 0.295 e. The lowest BCUT2D eigenvalue weighted by atomic mass is 9.96. The summed E-state index contributed by atoms with van der Waals surface area (Å²) >= 11 is 0. The Morgan fingerprint density at radius 1 is 0.826 bits per heavy atom. The Hall–Kier alpha value is -2.57. The van der Waals surface area contributed by atoms with Crippen LogP contribution in [0.25, 0.3) is 22.5 Å². The van der Waals surface area contributed by atoms with Crippen molar-refractivity contribution in [3.05, 3.63) is 66.5 Å². The Morgan fingerprint density at radius 3 is 1.87 bits per heavy atom. The Kier molecular flexibility index (Phi) is 3.94. The molecule has 0 bridgehead atoms. The fourth-order valence-electron chi connectivity index (χ4n) is 2.51. The molecule has 1 N–H and O–H groups in total. The molecule has 0 aliphatic carbocycles. The first-order chi connectivity index (χ1) is 11.0. The van der Waals surface area contributed by atoms with Gasteiger partial charge in [0.15, 0.2) is 0 Å². The first-order valence-corrected chi connectivity index (χ1v) is 8.36. The zero-order chi connectivity index (χ0) is 16.4. The summed E-state index contributed by atoms with van der Waals surface area (Å²) in [4.78, 5) is 8.38. The van der Waals surface area contributed by atoms with Gasteiger partial charge < -0.3 is 0 Å². The van der Waals surface area contributed by atoms with Crippen LogP contribution in [0.4, 0.5) is 0 Å². The third-order valence-corrected chi connectivity index (χ3v) is 4.39. The number of hydrogen-bond donors (Lipinski definition) is 1. The van der Waals surface area contributed by atoms with E-state index in [4.69, 9.17) is 0 Å². The third-order valence-electron chi connectivity index (χ3n) is 3.50. The van der Waals surface area contributed by atoms with Gasteiger partial charge in [0.2, 0.25) is 0 Å². The number of hydrogen-bond acceptors (Lipinski definition) is 4. The van der Waals surface area contributed by atoms with E-state index in [1.165, 1.54) is 6.07 Å². The molecule has 0 amide bonds. The van der Waals surface area contributed by atoms with Crippen molar-refractivity contribution in [2.24, 2.45) is 0 Å². The Morgan fingerprint density at radius 2 is 1.39 bits per heavy atom. The highest BCUT2D eigenvalue weighted by Crippen LogP contribution is 2.37. The van der Waals surface area contributed by atoms with Gasteiger partial charge in [-0.1, -0.05) is 18.2 Å². The van der Waals surface area contributed by atoms with Gasteiger partial charge in [-0.15, -0.1) is 0 Å². The van der Waals surface area contributed by atoms with Crippen LogP contribution in [0.2, 0.25) is 0 Å². The second-order valence-corrected chi connectivity index (χ2v) is 6.43. The van der Waals surface area contributed by atoms with E-state index in [1.54, 1.807) is 48.8 Å². The molecule has 2 heterocycles. The lowest BCUT2D eigenvalue weighted by Crippen LogP contribution is -2.04. The molecule has 3 aromatic rings. The van der Waals surface area contributed by atoms with Crippen molar-refractivity contribution in [2.75, 3.05) is 0 Å². The van der Waals surface area contributed by atoms with Crippen LogP contribution < -0.4 is 0 Å². The van der Waals surface area contributed by atoms with Crippen LogP contribution in [-0.4, -0.2) is 22.9 Å². The van der Waals surface area contributed by atoms with Gasteiger partial charge in [-0.3, -0.25) is 14.5 Å². The minimum atomic E-state index is -4.40.